The Bertz CT molecular complexity index is 628. The number of esters is 2. The third-order valence-corrected chi connectivity index (χ3v) is 6.08. The molecule has 0 aliphatic heterocycles. The highest BCUT2D eigenvalue weighted by molar-refractivity contribution is 5.69. The van der Waals surface area contributed by atoms with Crippen LogP contribution in [0.15, 0.2) is 12.3 Å². The topological polar surface area (TPSA) is 128 Å². The molecule has 198 valence electrons. The minimum absolute atomic E-state index is 0.0527. The lowest BCUT2D eigenvalue weighted by Crippen LogP contribution is -2.41. The van der Waals surface area contributed by atoms with E-state index in [1.807, 2.05) is 26.8 Å². The van der Waals surface area contributed by atoms with Crippen LogP contribution in [-0.4, -0.2) is 73.0 Å². The van der Waals surface area contributed by atoms with Crippen LogP contribution in [0, 0.1) is 11.8 Å². The Hall–Kier alpha value is -1.97. The van der Waals surface area contributed by atoms with Crippen molar-refractivity contribution >= 4 is 18.3 Å². The first kappa shape index (κ1) is 32.0. The van der Waals surface area contributed by atoms with Crippen molar-refractivity contribution in [3.8, 4) is 0 Å². The molecule has 0 aromatic carbocycles. The van der Waals surface area contributed by atoms with Gasteiger partial charge < -0.3 is 30.0 Å². The first-order chi connectivity index (χ1) is 16.0. The van der Waals surface area contributed by atoms with Crippen molar-refractivity contribution in [2.45, 2.75) is 104 Å². The number of rotatable bonds is 18. The summed E-state index contributed by atoms with van der Waals surface area (Å²) in [6.07, 6.45) is 4.50. The zero-order valence-electron chi connectivity index (χ0n) is 21.9. The molecule has 0 aromatic rings. The van der Waals surface area contributed by atoms with Gasteiger partial charge in [-0.05, 0) is 19.3 Å². The van der Waals surface area contributed by atoms with E-state index >= 15 is 0 Å². The highest BCUT2D eigenvalue weighted by Crippen LogP contribution is 2.26. The zero-order chi connectivity index (χ0) is 26.3. The van der Waals surface area contributed by atoms with Crippen LogP contribution in [0.3, 0.4) is 0 Å². The molecule has 3 N–H and O–H groups in total. The summed E-state index contributed by atoms with van der Waals surface area (Å²) >= 11 is 0. The molecule has 0 fully saturated rings. The van der Waals surface area contributed by atoms with Gasteiger partial charge in [-0.1, -0.05) is 40.7 Å². The highest BCUT2D eigenvalue weighted by Gasteiger charge is 2.32. The van der Waals surface area contributed by atoms with Gasteiger partial charge in [0.25, 0.3) is 0 Å². The summed E-state index contributed by atoms with van der Waals surface area (Å²) < 4.78 is 16.8. The Balaban J connectivity index is 5.26. The Labute approximate surface area is 205 Å². The van der Waals surface area contributed by atoms with E-state index in [4.69, 9.17) is 19.9 Å². The molecule has 0 saturated carbocycles. The molecule has 34 heavy (non-hydrogen) atoms. The summed E-state index contributed by atoms with van der Waals surface area (Å²) in [5.74, 6) is -0.841. The van der Waals surface area contributed by atoms with Gasteiger partial charge in [-0.25, -0.2) is 0 Å². The Morgan fingerprint density at radius 2 is 1.65 bits per heavy atom. The molecule has 7 atom stereocenters. The number of nitrogens with zero attached hydrogens (tertiary/aromatic N) is 1. The van der Waals surface area contributed by atoms with Crippen LogP contribution in [0.25, 0.3) is 0 Å². The maximum atomic E-state index is 12.1. The highest BCUT2D eigenvalue weighted by atomic mass is 16.5. The molecule has 0 aliphatic rings. The summed E-state index contributed by atoms with van der Waals surface area (Å²) in [7, 11) is 3.25. The van der Waals surface area contributed by atoms with Crippen LogP contribution in [0.2, 0.25) is 0 Å². The molecular weight excluding hydrogens is 440 g/mol. The summed E-state index contributed by atoms with van der Waals surface area (Å²) in [6, 6.07) is -0.566. The fourth-order valence-electron chi connectivity index (χ4n) is 3.78. The van der Waals surface area contributed by atoms with Crippen LogP contribution in [0.1, 0.15) is 73.1 Å². The van der Waals surface area contributed by atoms with E-state index < -0.39 is 24.4 Å². The van der Waals surface area contributed by atoms with E-state index in [1.54, 1.807) is 34.2 Å². The average molecular weight is 487 g/mol. The first-order valence-electron chi connectivity index (χ1n) is 12.2. The standard InChI is InChI=1S/C25H46N2O7/c1-8-19(33-23(30)9-2)15-21(29)20(26)11-12-22(34-24(31)10-3)18(5)25(32-7)17(4)13-14-27(6)16-28/h13-14,16-22,25,29H,8-12,15,26H2,1-7H3/b14-13+/t17?,18?,19?,20-,21-,22?,25+/m0/s1. The largest absolute Gasteiger partial charge is 0.462 e. The molecule has 9 nitrogen and oxygen atoms in total. The monoisotopic (exact) mass is 486 g/mol. The molecule has 0 aliphatic carbocycles. The van der Waals surface area contributed by atoms with Crippen molar-refractivity contribution in [1.29, 1.82) is 0 Å². The van der Waals surface area contributed by atoms with Crippen molar-refractivity contribution in [1.82, 2.24) is 4.90 Å². The second kappa shape index (κ2) is 17.5. The number of carbonyl (C=O) groups is 3. The number of nitrogens with two attached hydrogens (primary N) is 1. The lowest BCUT2D eigenvalue weighted by Gasteiger charge is -2.33. The molecule has 0 saturated heterocycles. The van der Waals surface area contributed by atoms with Gasteiger partial charge in [0, 0.05) is 57.5 Å². The molecule has 0 heterocycles. The molecule has 9 heteroatoms. The second-order valence-corrected chi connectivity index (χ2v) is 8.83. The molecule has 1 amide bonds. The van der Waals surface area contributed by atoms with Gasteiger partial charge in [-0.2, -0.15) is 0 Å². The van der Waals surface area contributed by atoms with Crippen molar-refractivity contribution in [3.63, 3.8) is 0 Å². The van der Waals surface area contributed by atoms with Crippen LogP contribution >= 0.6 is 0 Å². The number of hydrogen-bond donors (Lipinski definition) is 2. The van der Waals surface area contributed by atoms with Gasteiger partial charge in [0.15, 0.2) is 0 Å². The molecule has 4 unspecified atom stereocenters. The number of methoxy groups -OCH3 is 1. The van der Waals surface area contributed by atoms with E-state index in [1.165, 1.54) is 4.90 Å². The molecule has 0 spiro atoms. The summed E-state index contributed by atoms with van der Waals surface area (Å²) in [5, 5.41) is 10.6. The van der Waals surface area contributed by atoms with E-state index in [2.05, 4.69) is 0 Å². The van der Waals surface area contributed by atoms with Crippen molar-refractivity contribution in [2.75, 3.05) is 14.2 Å². The Kier molecular flexibility index (Phi) is 16.5. The molecular formula is C25H46N2O7. The predicted octanol–water partition coefficient (Wildman–Crippen LogP) is 2.79. The van der Waals surface area contributed by atoms with E-state index in [0.717, 1.165) is 0 Å². The minimum atomic E-state index is -0.855. The third-order valence-electron chi connectivity index (χ3n) is 6.08. The molecule has 0 rings (SSSR count). The summed E-state index contributed by atoms with van der Waals surface area (Å²) in [6.45, 7) is 9.27. The van der Waals surface area contributed by atoms with Crippen molar-refractivity contribution in [2.24, 2.45) is 17.6 Å². The number of carbonyl (C=O) groups excluding carboxylic acids is 3. The minimum Gasteiger partial charge on any atom is -0.462 e. The van der Waals surface area contributed by atoms with Crippen LogP contribution < -0.4 is 5.73 Å². The summed E-state index contributed by atoms with van der Waals surface area (Å²) in [4.78, 5) is 35.9. The van der Waals surface area contributed by atoms with Gasteiger partial charge in [-0.15, -0.1) is 0 Å². The maximum absolute atomic E-state index is 12.1. The molecule has 0 radical (unpaired) electrons. The Morgan fingerprint density at radius 1 is 1.06 bits per heavy atom. The average Bonchev–Trinajstić information content (AvgIpc) is 2.83. The van der Waals surface area contributed by atoms with Crippen molar-refractivity contribution in [3.05, 3.63) is 12.3 Å². The zero-order valence-corrected chi connectivity index (χ0v) is 21.9. The normalized spacial score (nSPS) is 17.8. The van der Waals surface area contributed by atoms with Gasteiger partial charge in [0.2, 0.25) is 6.41 Å². The third kappa shape index (κ3) is 11.9. The fraction of sp³-hybridized carbons (Fsp3) is 0.800. The number of hydrogen-bond acceptors (Lipinski definition) is 8. The summed E-state index contributed by atoms with van der Waals surface area (Å²) in [5.41, 5.74) is 6.25. The molecule has 0 aromatic heterocycles. The fourth-order valence-corrected chi connectivity index (χ4v) is 3.78. The number of aliphatic hydroxyl groups is 1. The first-order valence-corrected chi connectivity index (χ1v) is 12.2. The lowest BCUT2D eigenvalue weighted by molar-refractivity contribution is -0.155. The lowest BCUT2D eigenvalue weighted by atomic mass is 9.86. The van der Waals surface area contributed by atoms with E-state index in [0.29, 0.717) is 25.7 Å². The Morgan fingerprint density at radius 3 is 2.15 bits per heavy atom. The van der Waals surface area contributed by atoms with Crippen LogP contribution in [0.4, 0.5) is 0 Å². The van der Waals surface area contributed by atoms with Gasteiger partial charge in [-0.3, -0.25) is 14.4 Å². The van der Waals surface area contributed by atoms with Gasteiger partial charge in [0.05, 0.1) is 12.2 Å². The quantitative estimate of drug-likeness (QED) is 0.224. The number of ether oxygens (including phenoxy) is 3. The van der Waals surface area contributed by atoms with Crippen molar-refractivity contribution < 1.29 is 33.7 Å². The smallest absolute Gasteiger partial charge is 0.305 e. The van der Waals surface area contributed by atoms with E-state index in [9.17, 15) is 19.5 Å². The maximum Gasteiger partial charge on any atom is 0.305 e. The predicted molar refractivity (Wildman–Crippen MR) is 131 cm³/mol. The van der Waals surface area contributed by atoms with Crippen LogP contribution in [0.5, 0.6) is 0 Å². The van der Waals surface area contributed by atoms with Gasteiger partial charge >= 0.3 is 11.9 Å². The number of amides is 1. The second-order valence-electron chi connectivity index (χ2n) is 8.83. The van der Waals surface area contributed by atoms with E-state index in [-0.39, 0.29) is 49.1 Å². The molecule has 0 bridgehead atoms. The van der Waals surface area contributed by atoms with Gasteiger partial charge in [0.1, 0.15) is 12.2 Å². The SMILES string of the molecule is CCC(=O)OC(CC)C[C@H](O)[C@@H](N)CCC(OC(=O)CC)C(C)[C@H](OC)C(C)/C=C/N(C)C=O. The van der Waals surface area contributed by atoms with Crippen LogP contribution in [-0.2, 0) is 28.6 Å². The number of aliphatic hydroxyl groups excluding tert-OH is 1.